The van der Waals surface area contributed by atoms with Crippen LogP contribution in [0.5, 0.6) is 5.88 Å². The van der Waals surface area contributed by atoms with Crippen LogP contribution in [-0.2, 0) is 16.3 Å². The van der Waals surface area contributed by atoms with E-state index in [1.807, 2.05) is 31.2 Å². The summed E-state index contributed by atoms with van der Waals surface area (Å²) in [6.45, 7) is 0.869. The zero-order valence-corrected chi connectivity index (χ0v) is 19.6. The number of H-pyrrole nitrogens is 2. The Bertz CT molecular complexity index is 1410. The Morgan fingerprint density at radius 1 is 1.05 bits per heavy atom. The van der Waals surface area contributed by atoms with Crippen LogP contribution < -0.4 is 4.74 Å². The molecule has 1 aliphatic rings. The first-order valence-corrected chi connectivity index (χ1v) is 11.6. The van der Waals surface area contributed by atoms with Gasteiger partial charge in [0.05, 0.1) is 17.4 Å². The van der Waals surface area contributed by atoms with E-state index in [0.717, 1.165) is 28.7 Å². The van der Waals surface area contributed by atoms with E-state index in [1.54, 1.807) is 6.07 Å². The molecule has 0 bridgehead atoms. The highest BCUT2D eigenvalue weighted by molar-refractivity contribution is 5.98. The third-order valence-corrected chi connectivity index (χ3v) is 6.70. The molecule has 0 radical (unpaired) electrons. The Labute approximate surface area is 207 Å². The molecule has 196 valence electrons. The van der Waals surface area contributed by atoms with Gasteiger partial charge in [-0.3, -0.25) is 5.10 Å². The standard InChI is InChI=1S/C26H23F6N3O2/c1-24(9-10-36-20(13-24)19-12-21(35-34-19)37-14-25(27,28)29)23-22(17-7-2-3-8-18(17)33-23)15-5-4-6-16(11-15)26(30,31)32/h2-8,11-12,20,33H,9-10,13-14H2,1H3,(H,34,35). The van der Waals surface area contributed by atoms with Gasteiger partial charge in [-0.1, -0.05) is 37.3 Å². The van der Waals surface area contributed by atoms with Gasteiger partial charge < -0.3 is 14.5 Å². The fourth-order valence-electron chi connectivity index (χ4n) is 4.88. The van der Waals surface area contributed by atoms with Crippen LogP contribution in [0.2, 0.25) is 0 Å². The first-order valence-electron chi connectivity index (χ1n) is 11.6. The second-order valence-corrected chi connectivity index (χ2v) is 9.44. The quantitative estimate of drug-likeness (QED) is 0.269. The number of hydrogen-bond acceptors (Lipinski definition) is 3. The van der Waals surface area contributed by atoms with Gasteiger partial charge in [0.1, 0.15) is 0 Å². The molecule has 1 saturated heterocycles. The molecule has 2 aromatic heterocycles. The number of nitrogens with one attached hydrogen (secondary N) is 2. The zero-order chi connectivity index (χ0) is 26.4. The number of halogens is 6. The molecule has 5 nitrogen and oxygen atoms in total. The van der Waals surface area contributed by atoms with Crippen molar-refractivity contribution in [2.75, 3.05) is 13.2 Å². The lowest BCUT2D eigenvalue weighted by atomic mass is 9.74. The van der Waals surface area contributed by atoms with E-state index in [4.69, 9.17) is 9.47 Å². The van der Waals surface area contributed by atoms with Crippen LogP contribution in [0, 0.1) is 0 Å². The van der Waals surface area contributed by atoms with Crippen molar-refractivity contribution in [2.24, 2.45) is 0 Å². The third-order valence-electron chi connectivity index (χ3n) is 6.70. The SMILES string of the molecule is CC1(c2[nH]c3ccccc3c2-c2cccc(C(F)(F)F)c2)CCOC(c2cc(OCC(F)(F)F)n[nH]2)C1. The summed E-state index contributed by atoms with van der Waals surface area (Å²) in [6, 6.07) is 14.0. The fourth-order valence-corrected chi connectivity index (χ4v) is 4.88. The van der Waals surface area contributed by atoms with Crippen molar-refractivity contribution in [3.63, 3.8) is 0 Å². The number of aromatic amines is 2. The number of benzene rings is 2. The molecule has 11 heteroatoms. The third kappa shape index (κ3) is 5.18. The number of rotatable bonds is 5. The minimum absolute atomic E-state index is 0.196. The molecule has 5 rings (SSSR count). The summed E-state index contributed by atoms with van der Waals surface area (Å²) in [5.74, 6) is -0.196. The predicted molar refractivity (Wildman–Crippen MR) is 124 cm³/mol. The molecule has 2 N–H and O–H groups in total. The maximum Gasteiger partial charge on any atom is 0.422 e. The van der Waals surface area contributed by atoms with Gasteiger partial charge in [-0.15, -0.1) is 5.10 Å². The first-order chi connectivity index (χ1) is 17.4. The van der Waals surface area contributed by atoms with E-state index < -0.39 is 36.0 Å². The number of ether oxygens (including phenoxy) is 2. The van der Waals surface area contributed by atoms with Gasteiger partial charge in [0.15, 0.2) is 6.61 Å². The van der Waals surface area contributed by atoms with Crippen LogP contribution in [0.1, 0.15) is 42.8 Å². The van der Waals surface area contributed by atoms with Gasteiger partial charge in [-0.2, -0.15) is 26.3 Å². The first kappa shape index (κ1) is 25.2. The van der Waals surface area contributed by atoms with Crippen LogP contribution in [0.3, 0.4) is 0 Å². The zero-order valence-electron chi connectivity index (χ0n) is 19.6. The molecule has 1 fully saturated rings. The molecule has 2 unspecified atom stereocenters. The summed E-state index contributed by atoms with van der Waals surface area (Å²) < 4.78 is 88.6. The summed E-state index contributed by atoms with van der Waals surface area (Å²) in [4.78, 5) is 3.43. The minimum Gasteiger partial charge on any atom is -0.467 e. The van der Waals surface area contributed by atoms with Crippen molar-refractivity contribution in [3.05, 3.63) is 71.5 Å². The minimum atomic E-state index is -4.49. The van der Waals surface area contributed by atoms with Crippen molar-refractivity contribution in [1.29, 1.82) is 0 Å². The van der Waals surface area contributed by atoms with Crippen LogP contribution in [-0.4, -0.2) is 34.6 Å². The van der Waals surface area contributed by atoms with E-state index in [2.05, 4.69) is 15.2 Å². The maximum absolute atomic E-state index is 13.5. The average molecular weight is 523 g/mol. The normalized spacial score (nSPS) is 20.9. The average Bonchev–Trinajstić information content (AvgIpc) is 3.47. The van der Waals surface area contributed by atoms with Gasteiger partial charge in [0.2, 0.25) is 5.88 Å². The highest BCUT2D eigenvalue weighted by atomic mass is 19.4. The number of alkyl halides is 6. The summed E-state index contributed by atoms with van der Waals surface area (Å²) in [6.07, 6.45) is -8.52. The molecule has 2 aromatic carbocycles. The lowest BCUT2D eigenvalue weighted by Crippen LogP contribution is -2.33. The van der Waals surface area contributed by atoms with Crippen LogP contribution >= 0.6 is 0 Å². The second kappa shape index (κ2) is 9.13. The van der Waals surface area contributed by atoms with Gasteiger partial charge in [0.25, 0.3) is 0 Å². The topological polar surface area (TPSA) is 62.9 Å². The van der Waals surface area contributed by atoms with E-state index in [1.165, 1.54) is 12.1 Å². The maximum atomic E-state index is 13.5. The molecule has 0 amide bonds. The summed E-state index contributed by atoms with van der Waals surface area (Å²) in [7, 11) is 0. The molecular weight excluding hydrogens is 500 g/mol. The van der Waals surface area contributed by atoms with Crippen LogP contribution in [0.4, 0.5) is 26.3 Å². The van der Waals surface area contributed by atoms with Gasteiger partial charge >= 0.3 is 12.4 Å². The lowest BCUT2D eigenvalue weighted by molar-refractivity contribution is -0.154. The number of para-hydroxylation sites is 1. The molecule has 1 aliphatic heterocycles. The molecule has 37 heavy (non-hydrogen) atoms. The number of fused-ring (bicyclic) bond motifs is 1. The monoisotopic (exact) mass is 523 g/mol. The molecular formula is C26H23F6N3O2. The Kier molecular flexibility index (Phi) is 6.21. The van der Waals surface area contributed by atoms with E-state index in [9.17, 15) is 26.3 Å². The van der Waals surface area contributed by atoms with Gasteiger partial charge in [-0.05, 0) is 36.6 Å². The molecule has 0 spiro atoms. The molecule has 0 saturated carbocycles. The van der Waals surface area contributed by atoms with Gasteiger partial charge in [0, 0.05) is 40.2 Å². The largest absolute Gasteiger partial charge is 0.467 e. The van der Waals surface area contributed by atoms with E-state index >= 15 is 0 Å². The Hall–Kier alpha value is -3.47. The van der Waals surface area contributed by atoms with E-state index in [0.29, 0.717) is 36.3 Å². The second-order valence-electron chi connectivity index (χ2n) is 9.44. The van der Waals surface area contributed by atoms with Crippen LogP contribution in [0.25, 0.3) is 22.0 Å². The number of aromatic nitrogens is 3. The smallest absolute Gasteiger partial charge is 0.422 e. The van der Waals surface area contributed by atoms with Crippen molar-refractivity contribution in [1.82, 2.24) is 15.2 Å². The molecule has 3 heterocycles. The summed E-state index contributed by atoms with van der Waals surface area (Å²) in [5, 5.41) is 7.30. The lowest BCUT2D eigenvalue weighted by Gasteiger charge is -2.38. The highest BCUT2D eigenvalue weighted by Crippen LogP contribution is 2.48. The Morgan fingerprint density at radius 3 is 2.59 bits per heavy atom. The Balaban J connectivity index is 1.51. The highest BCUT2D eigenvalue weighted by Gasteiger charge is 2.40. The fraction of sp³-hybridized carbons (Fsp3) is 0.346. The van der Waals surface area contributed by atoms with Crippen molar-refractivity contribution in [3.8, 4) is 17.0 Å². The summed E-state index contributed by atoms with van der Waals surface area (Å²) >= 11 is 0. The predicted octanol–water partition coefficient (Wildman–Crippen LogP) is 7.33. The molecule has 2 atom stereocenters. The molecule has 4 aromatic rings. The van der Waals surface area contributed by atoms with E-state index in [-0.39, 0.29) is 5.88 Å². The van der Waals surface area contributed by atoms with Crippen molar-refractivity contribution in [2.45, 2.75) is 43.6 Å². The van der Waals surface area contributed by atoms with Crippen molar-refractivity contribution < 1.29 is 35.8 Å². The Morgan fingerprint density at radius 2 is 1.84 bits per heavy atom. The molecule has 0 aliphatic carbocycles. The summed E-state index contributed by atoms with van der Waals surface area (Å²) in [5.41, 5.74) is 1.86. The van der Waals surface area contributed by atoms with Gasteiger partial charge in [-0.25, -0.2) is 0 Å². The van der Waals surface area contributed by atoms with Crippen LogP contribution in [0.15, 0.2) is 54.6 Å². The number of nitrogens with zero attached hydrogens (tertiary/aromatic N) is 1. The van der Waals surface area contributed by atoms with Crippen molar-refractivity contribution >= 4 is 10.9 Å². The number of hydrogen-bond donors (Lipinski definition) is 2.